The summed E-state index contributed by atoms with van der Waals surface area (Å²) in [6.07, 6.45) is 7.20. The second-order valence-electron chi connectivity index (χ2n) is 7.62. The maximum atomic E-state index is 13.0. The van der Waals surface area contributed by atoms with E-state index in [1.807, 2.05) is 0 Å². The van der Waals surface area contributed by atoms with E-state index in [2.05, 4.69) is 5.32 Å². The molecule has 0 unspecified atom stereocenters. The third-order valence-electron chi connectivity index (χ3n) is 5.58. The summed E-state index contributed by atoms with van der Waals surface area (Å²) in [4.78, 5) is 12.9. The molecule has 2 fully saturated rings. The van der Waals surface area contributed by atoms with E-state index in [0.717, 1.165) is 38.5 Å². The summed E-state index contributed by atoms with van der Waals surface area (Å²) in [7, 11) is -3.54. The van der Waals surface area contributed by atoms with E-state index in [-0.39, 0.29) is 23.2 Å². The minimum absolute atomic E-state index is 0. The lowest BCUT2D eigenvalue weighted by Crippen LogP contribution is -2.52. The molecular formula is C19H30ClN3O3S. The van der Waals surface area contributed by atoms with Crippen molar-refractivity contribution in [1.82, 2.24) is 4.31 Å². The summed E-state index contributed by atoms with van der Waals surface area (Å²) in [5.74, 6) is -0.220. The Morgan fingerprint density at radius 1 is 1.07 bits per heavy atom. The first-order chi connectivity index (χ1) is 12.3. The van der Waals surface area contributed by atoms with Crippen LogP contribution < -0.4 is 11.1 Å². The molecule has 1 saturated carbocycles. The minimum Gasteiger partial charge on any atom is -0.324 e. The molecule has 1 saturated heterocycles. The molecule has 1 aromatic carbocycles. The fourth-order valence-electron chi connectivity index (χ4n) is 3.87. The van der Waals surface area contributed by atoms with Gasteiger partial charge in [0.2, 0.25) is 15.9 Å². The number of aryl methyl sites for hydroxylation is 1. The quantitative estimate of drug-likeness (QED) is 0.789. The Morgan fingerprint density at radius 2 is 1.67 bits per heavy atom. The highest BCUT2D eigenvalue weighted by atomic mass is 35.5. The van der Waals surface area contributed by atoms with E-state index in [4.69, 9.17) is 5.73 Å². The zero-order chi connectivity index (χ0) is 18.8. The van der Waals surface area contributed by atoms with Crippen LogP contribution in [0.2, 0.25) is 0 Å². The van der Waals surface area contributed by atoms with Crippen molar-refractivity contribution >= 4 is 34.0 Å². The van der Waals surface area contributed by atoms with Gasteiger partial charge in [-0.25, -0.2) is 8.42 Å². The lowest BCUT2D eigenvalue weighted by molar-refractivity contribution is -0.122. The second-order valence-corrected chi connectivity index (χ2v) is 9.52. The predicted octanol–water partition coefficient (Wildman–Crippen LogP) is 3.19. The molecule has 152 valence electrons. The standard InChI is InChI=1S/C19H29N3O3S.ClH/c1-15-8-9-16(21-18(23)19(20)10-4-2-5-11-19)14-17(15)26(24,25)22-12-6-3-7-13-22;/h8-9,14H,2-7,10-13,20H2,1H3,(H,21,23);1H. The number of nitrogens with zero attached hydrogens (tertiary/aromatic N) is 1. The van der Waals surface area contributed by atoms with Gasteiger partial charge in [0.1, 0.15) is 0 Å². The Hall–Kier alpha value is -1.15. The predicted molar refractivity (Wildman–Crippen MR) is 110 cm³/mol. The molecule has 0 bridgehead atoms. The van der Waals surface area contributed by atoms with Crippen LogP contribution in [0.3, 0.4) is 0 Å². The van der Waals surface area contributed by atoms with Crippen LogP contribution in [-0.2, 0) is 14.8 Å². The van der Waals surface area contributed by atoms with Crippen molar-refractivity contribution in [1.29, 1.82) is 0 Å². The van der Waals surface area contributed by atoms with Gasteiger partial charge < -0.3 is 11.1 Å². The van der Waals surface area contributed by atoms with Crippen LogP contribution in [0.4, 0.5) is 5.69 Å². The average molecular weight is 416 g/mol. The molecule has 27 heavy (non-hydrogen) atoms. The highest BCUT2D eigenvalue weighted by Gasteiger charge is 2.35. The Kier molecular flexibility index (Phi) is 7.30. The van der Waals surface area contributed by atoms with E-state index >= 15 is 0 Å². The zero-order valence-corrected chi connectivity index (χ0v) is 17.5. The molecule has 3 rings (SSSR count). The fourth-order valence-corrected chi connectivity index (χ4v) is 5.63. The summed E-state index contributed by atoms with van der Waals surface area (Å²) in [5.41, 5.74) is 6.61. The molecule has 1 amide bonds. The summed E-state index contributed by atoms with van der Waals surface area (Å²) >= 11 is 0. The number of nitrogens with two attached hydrogens (primary N) is 1. The van der Waals surface area contributed by atoms with Crippen molar-refractivity contribution in [2.75, 3.05) is 18.4 Å². The molecule has 2 aliphatic rings. The molecule has 1 heterocycles. The van der Waals surface area contributed by atoms with Crippen molar-refractivity contribution in [3.8, 4) is 0 Å². The minimum atomic E-state index is -3.54. The largest absolute Gasteiger partial charge is 0.324 e. The second kappa shape index (κ2) is 8.90. The molecule has 6 nitrogen and oxygen atoms in total. The summed E-state index contributed by atoms with van der Waals surface area (Å²) < 4.78 is 27.6. The molecule has 0 aromatic heterocycles. The van der Waals surface area contributed by atoms with E-state index in [1.54, 1.807) is 29.4 Å². The van der Waals surface area contributed by atoms with Crippen LogP contribution in [-0.4, -0.2) is 37.3 Å². The number of piperidine rings is 1. The zero-order valence-electron chi connectivity index (χ0n) is 15.9. The van der Waals surface area contributed by atoms with Crippen molar-refractivity contribution in [3.63, 3.8) is 0 Å². The molecule has 8 heteroatoms. The van der Waals surface area contributed by atoms with Gasteiger partial charge in [-0.15, -0.1) is 12.4 Å². The van der Waals surface area contributed by atoms with E-state index in [0.29, 0.717) is 37.2 Å². The third-order valence-corrected chi connectivity index (χ3v) is 7.62. The molecule has 1 aliphatic carbocycles. The number of nitrogens with one attached hydrogen (secondary N) is 1. The van der Waals surface area contributed by atoms with Gasteiger partial charge in [-0.2, -0.15) is 4.31 Å². The Morgan fingerprint density at radius 3 is 2.30 bits per heavy atom. The number of anilines is 1. The number of halogens is 1. The lowest BCUT2D eigenvalue weighted by atomic mass is 9.82. The molecule has 0 spiro atoms. The van der Waals surface area contributed by atoms with Gasteiger partial charge in [-0.3, -0.25) is 4.79 Å². The number of rotatable bonds is 4. The average Bonchev–Trinajstić information content (AvgIpc) is 2.64. The lowest BCUT2D eigenvalue weighted by Gasteiger charge is -2.32. The first-order valence-corrected chi connectivity index (χ1v) is 11.0. The van der Waals surface area contributed by atoms with Crippen molar-refractivity contribution in [2.24, 2.45) is 5.73 Å². The molecule has 0 radical (unpaired) electrons. The fraction of sp³-hybridized carbons (Fsp3) is 0.632. The number of carbonyl (C=O) groups excluding carboxylic acids is 1. The van der Waals surface area contributed by atoms with Gasteiger partial charge in [0.15, 0.2) is 0 Å². The maximum absolute atomic E-state index is 13.0. The highest BCUT2D eigenvalue weighted by Crippen LogP contribution is 2.29. The molecule has 1 aromatic rings. The van der Waals surface area contributed by atoms with Gasteiger partial charge >= 0.3 is 0 Å². The number of benzene rings is 1. The first kappa shape index (κ1) is 22.1. The maximum Gasteiger partial charge on any atom is 0.244 e. The number of sulfonamides is 1. The third kappa shape index (κ3) is 4.83. The van der Waals surface area contributed by atoms with E-state index in [1.165, 1.54) is 0 Å². The van der Waals surface area contributed by atoms with Gasteiger partial charge in [-0.05, 0) is 50.3 Å². The summed E-state index contributed by atoms with van der Waals surface area (Å²) in [6.45, 7) is 2.91. The van der Waals surface area contributed by atoms with Gasteiger partial charge in [0.25, 0.3) is 0 Å². The Bertz CT molecular complexity index is 770. The smallest absolute Gasteiger partial charge is 0.244 e. The molecular weight excluding hydrogens is 386 g/mol. The molecule has 3 N–H and O–H groups in total. The van der Waals surface area contributed by atoms with Crippen LogP contribution in [0.1, 0.15) is 56.9 Å². The molecule has 1 aliphatic heterocycles. The van der Waals surface area contributed by atoms with Crippen LogP contribution in [0.25, 0.3) is 0 Å². The van der Waals surface area contributed by atoms with Crippen molar-refractivity contribution < 1.29 is 13.2 Å². The summed E-state index contributed by atoms with van der Waals surface area (Å²) in [5, 5.41) is 2.85. The number of hydrogen-bond acceptors (Lipinski definition) is 4. The number of carbonyl (C=O) groups is 1. The van der Waals surface area contributed by atoms with Crippen LogP contribution in [0.15, 0.2) is 23.1 Å². The highest BCUT2D eigenvalue weighted by molar-refractivity contribution is 7.89. The number of hydrogen-bond donors (Lipinski definition) is 2. The topological polar surface area (TPSA) is 92.5 Å². The van der Waals surface area contributed by atoms with Crippen molar-refractivity contribution in [2.45, 2.75) is 68.7 Å². The summed E-state index contributed by atoms with van der Waals surface area (Å²) in [6, 6.07) is 5.06. The van der Waals surface area contributed by atoms with Crippen LogP contribution in [0, 0.1) is 6.92 Å². The van der Waals surface area contributed by atoms with Crippen LogP contribution in [0.5, 0.6) is 0 Å². The SMILES string of the molecule is Cc1ccc(NC(=O)C2(N)CCCCC2)cc1S(=O)(=O)N1CCCCC1.Cl. The van der Waals surface area contributed by atoms with Crippen LogP contribution >= 0.6 is 12.4 Å². The molecule has 0 atom stereocenters. The van der Waals surface area contributed by atoms with Gasteiger partial charge in [0.05, 0.1) is 10.4 Å². The first-order valence-electron chi connectivity index (χ1n) is 9.54. The van der Waals surface area contributed by atoms with E-state index in [9.17, 15) is 13.2 Å². The Labute approximate surface area is 168 Å². The van der Waals surface area contributed by atoms with E-state index < -0.39 is 15.6 Å². The van der Waals surface area contributed by atoms with Gasteiger partial charge in [-0.1, -0.05) is 31.7 Å². The Balaban J connectivity index is 0.00000261. The normalized spacial score (nSPS) is 20.5. The monoisotopic (exact) mass is 415 g/mol. The van der Waals surface area contributed by atoms with Gasteiger partial charge in [0, 0.05) is 18.8 Å². The van der Waals surface area contributed by atoms with Crippen molar-refractivity contribution in [3.05, 3.63) is 23.8 Å². The number of amides is 1.